The van der Waals surface area contributed by atoms with Gasteiger partial charge in [-0.15, -0.1) is 0 Å². The summed E-state index contributed by atoms with van der Waals surface area (Å²) >= 11 is 6.14. The molecular formula is C14H13ClFN3O. The van der Waals surface area contributed by atoms with Crippen LogP contribution in [0.5, 0.6) is 0 Å². The molecule has 0 fully saturated rings. The van der Waals surface area contributed by atoms with Crippen molar-refractivity contribution < 1.29 is 9.18 Å². The van der Waals surface area contributed by atoms with E-state index in [0.29, 0.717) is 10.8 Å². The molecule has 3 rings (SSSR count). The second-order valence-corrected chi connectivity index (χ2v) is 5.20. The molecule has 1 aromatic heterocycles. The lowest BCUT2D eigenvalue weighted by Crippen LogP contribution is -2.23. The van der Waals surface area contributed by atoms with Gasteiger partial charge in [0.1, 0.15) is 5.82 Å². The van der Waals surface area contributed by atoms with Crippen LogP contribution in [0.2, 0.25) is 5.02 Å². The van der Waals surface area contributed by atoms with E-state index in [1.807, 2.05) is 6.92 Å². The maximum absolute atomic E-state index is 13.2. The second kappa shape index (κ2) is 4.90. The Hall–Kier alpha value is -1.88. The van der Waals surface area contributed by atoms with Crippen LogP contribution in [-0.4, -0.2) is 16.1 Å². The summed E-state index contributed by atoms with van der Waals surface area (Å²) in [5.74, 6) is -0.150. The van der Waals surface area contributed by atoms with Gasteiger partial charge in [-0.3, -0.25) is 9.89 Å². The molecule has 0 bridgehead atoms. The van der Waals surface area contributed by atoms with Gasteiger partial charge in [0.05, 0.1) is 0 Å². The number of aromatic nitrogens is 2. The first-order valence-electron chi connectivity index (χ1n) is 6.42. The number of aryl methyl sites for hydroxylation is 1. The number of H-pyrrole nitrogens is 1. The highest BCUT2D eigenvalue weighted by atomic mass is 35.5. The van der Waals surface area contributed by atoms with Gasteiger partial charge in [0.25, 0.3) is 0 Å². The van der Waals surface area contributed by atoms with Crippen molar-refractivity contribution in [3.05, 3.63) is 45.9 Å². The molecule has 6 heteroatoms. The van der Waals surface area contributed by atoms with E-state index in [1.165, 1.54) is 12.1 Å². The summed E-state index contributed by atoms with van der Waals surface area (Å²) in [5, 5.41) is 10.1. The van der Waals surface area contributed by atoms with Gasteiger partial charge in [-0.2, -0.15) is 5.10 Å². The molecule has 0 saturated heterocycles. The Morgan fingerprint density at radius 3 is 3.00 bits per heavy atom. The Morgan fingerprint density at radius 1 is 1.50 bits per heavy atom. The van der Waals surface area contributed by atoms with Crippen LogP contribution in [-0.2, 0) is 11.2 Å². The molecule has 0 aliphatic carbocycles. The van der Waals surface area contributed by atoms with Crippen LogP contribution in [0.25, 0.3) is 0 Å². The molecule has 0 unspecified atom stereocenters. The van der Waals surface area contributed by atoms with Gasteiger partial charge in [0.2, 0.25) is 5.91 Å². The average molecular weight is 294 g/mol. The van der Waals surface area contributed by atoms with Gasteiger partial charge in [0, 0.05) is 28.6 Å². The maximum atomic E-state index is 13.2. The number of carbonyl (C=O) groups excluding carboxylic acids is 1. The van der Waals surface area contributed by atoms with Crippen molar-refractivity contribution in [2.24, 2.45) is 0 Å². The van der Waals surface area contributed by atoms with Crippen molar-refractivity contribution in [3.8, 4) is 0 Å². The van der Waals surface area contributed by atoms with Crippen LogP contribution < -0.4 is 5.32 Å². The zero-order chi connectivity index (χ0) is 14.3. The minimum Gasteiger partial charge on any atom is -0.309 e. The van der Waals surface area contributed by atoms with E-state index < -0.39 is 0 Å². The minimum atomic E-state index is -0.387. The van der Waals surface area contributed by atoms with Crippen LogP contribution >= 0.6 is 11.6 Å². The number of aromatic amines is 1. The van der Waals surface area contributed by atoms with Crippen molar-refractivity contribution in [2.75, 3.05) is 5.32 Å². The Morgan fingerprint density at radius 2 is 2.30 bits per heavy atom. The minimum absolute atomic E-state index is 0.114. The SMILES string of the molecule is CCc1[nH]nc2c1[C@@H](c1ccc(F)cc1Cl)CC(=O)N2. The van der Waals surface area contributed by atoms with Crippen molar-refractivity contribution in [2.45, 2.75) is 25.7 Å². The van der Waals surface area contributed by atoms with E-state index in [0.717, 1.165) is 23.2 Å². The molecule has 0 spiro atoms. The molecule has 1 aliphatic heterocycles. The Kier molecular flexibility index (Phi) is 3.22. The van der Waals surface area contributed by atoms with Gasteiger partial charge < -0.3 is 5.32 Å². The number of benzene rings is 1. The van der Waals surface area contributed by atoms with Crippen LogP contribution in [0.1, 0.15) is 36.1 Å². The van der Waals surface area contributed by atoms with E-state index in [1.54, 1.807) is 6.07 Å². The summed E-state index contributed by atoms with van der Waals surface area (Å²) in [7, 11) is 0. The summed E-state index contributed by atoms with van der Waals surface area (Å²) < 4.78 is 13.2. The van der Waals surface area contributed by atoms with Crippen molar-refractivity contribution in [1.29, 1.82) is 0 Å². The highest BCUT2D eigenvalue weighted by Crippen LogP contribution is 2.40. The molecule has 4 nitrogen and oxygen atoms in total. The normalized spacial score (nSPS) is 17.8. The first-order valence-corrected chi connectivity index (χ1v) is 6.80. The monoisotopic (exact) mass is 293 g/mol. The number of hydrogen-bond donors (Lipinski definition) is 2. The molecule has 2 aromatic rings. The smallest absolute Gasteiger partial charge is 0.226 e. The lowest BCUT2D eigenvalue weighted by molar-refractivity contribution is -0.116. The van der Waals surface area contributed by atoms with Crippen molar-refractivity contribution in [1.82, 2.24) is 10.2 Å². The van der Waals surface area contributed by atoms with Gasteiger partial charge in [0.15, 0.2) is 5.82 Å². The third kappa shape index (κ3) is 2.08. The summed E-state index contributed by atoms with van der Waals surface area (Å²) in [5.41, 5.74) is 2.66. The zero-order valence-electron chi connectivity index (χ0n) is 10.8. The lowest BCUT2D eigenvalue weighted by atomic mass is 9.85. The highest BCUT2D eigenvalue weighted by molar-refractivity contribution is 6.31. The average Bonchev–Trinajstić information content (AvgIpc) is 2.80. The van der Waals surface area contributed by atoms with E-state index in [9.17, 15) is 9.18 Å². The number of nitrogens with zero attached hydrogens (tertiary/aromatic N) is 1. The predicted octanol–water partition coefficient (Wildman–Crippen LogP) is 3.24. The maximum Gasteiger partial charge on any atom is 0.226 e. The molecule has 104 valence electrons. The predicted molar refractivity (Wildman–Crippen MR) is 74.5 cm³/mol. The summed E-state index contributed by atoms with van der Waals surface area (Å²) in [4.78, 5) is 11.8. The first kappa shape index (κ1) is 13.1. The summed E-state index contributed by atoms with van der Waals surface area (Å²) in [6.07, 6.45) is 1.05. The molecular weight excluding hydrogens is 281 g/mol. The van der Waals surface area contributed by atoms with E-state index in [4.69, 9.17) is 11.6 Å². The van der Waals surface area contributed by atoms with Gasteiger partial charge >= 0.3 is 0 Å². The molecule has 2 N–H and O–H groups in total. The number of carbonyl (C=O) groups is 1. The molecule has 20 heavy (non-hydrogen) atoms. The molecule has 1 aromatic carbocycles. The molecule has 2 heterocycles. The van der Waals surface area contributed by atoms with Crippen LogP contribution in [0.3, 0.4) is 0 Å². The molecule has 1 atom stereocenters. The number of fused-ring (bicyclic) bond motifs is 1. The zero-order valence-corrected chi connectivity index (χ0v) is 11.6. The molecule has 0 radical (unpaired) electrons. The van der Waals surface area contributed by atoms with E-state index >= 15 is 0 Å². The fourth-order valence-electron chi connectivity index (χ4n) is 2.65. The summed E-state index contributed by atoms with van der Waals surface area (Å²) in [6.45, 7) is 2.01. The first-order chi connectivity index (χ1) is 9.60. The van der Waals surface area contributed by atoms with E-state index in [2.05, 4.69) is 15.5 Å². The van der Waals surface area contributed by atoms with Crippen LogP contribution in [0.15, 0.2) is 18.2 Å². The number of amides is 1. The largest absolute Gasteiger partial charge is 0.309 e. The Labute approximate surface area is 120 Å². The number of hydrogen-bond acceptors (Lipinski definition) is 2. The molecule has 1 amide bonds. The third-order valence-corrected chi connectivity index (χ3v) is 3.90. The fraction of sp³-hybridized carbons (Fsp3) is 0.286. The van der Waals surface area contributed by atoms with Gasteiger partial charge in [-0.25, -0.2) is 4.39 Å². The molecule has 1 aliphatic rings. The number of anilines is 1. The van der Waals surface area contributed by atoms with Gasteiger partial charge in [-0.1, -0.05) is 24.6 Å². The second-order valence-electron chi connectivity index (χ2n) is 4.79. The Bertz CT molecular complexity index is 683. The number of halogens is 2. The Balaban J connectivity index is 2.14. The van der Waals surface area contributed by atoms with Crippen LogP contribution in [0, 0.1) is 5.82 Å². The fourth-order valence-corrected chi connectivity index (χ4v) is 2.95. The molecule has 0 saturated carbocycles. The standard InChI is InChI=1S/C14H13ClFN3O/c1-2-11-13-9(6-12(20)17-14(13)19-18-11)8-4-3-7(16)5-10(8)15/h3-5,9H,2,6H2,1H3,(H2,17,18,19,20)/t9-/m1/s1. The van der Waals surface area contributed by atoms with E-state index in [-0.39, 0.29) is 24.1 Å². The van der Waals surface area contributed by atoms with Gasteiger partial charge in [-0.05, 0) is 24.1 Å². The van der Waals surface area contributed by atoms with Crippen LogP contribution in [0.4, 0.5) is 10.2 Å². The van der Waals surface area contributed by atoms with Crippen molar-refractivity contribution in [3.63, 3.8) is 0 Å². The quantitative estimate of drug-likeness (QED) is 0.893. The lowest BCUT2D eigenvalue weighted by Gasteiger charge is -2.24. The van der Waals surface area contributed by atoms with Crippen molar-refractivity contribution >= 4 is 23.3 Å². The topological polar surface area (TPSA) is 57.8 Å². The third-order valence-electron chi connectivity index (χ3n) is 3.57. The number of nitrogens with one attached hydrogen (secondary N) is 2. The summed E-state index contributed by atoms with van der Waals surface area (Å²) in [6, 6.07) is 4.27. The number of rotatable bonds is 2. The highest BCUT2D eigenvalue weighted by Gasteiger charge is 2.32.